The number of carbonyl (C=O) groups excluding carboxylic acids is 3. The summed E-state index contributed by atoms with van der Waals surface area (Å²) in [6.07, 6.45) is 1.96. The smallest absolute Gasteiger partial charge is 0.317 e. The van der Waals surface area contributed by atoms with Crippen LogP contribution in [0.4, 0.5) is 4.39 Å². The van der Waals surface area contributed by atoms with Gasteiger partial charge in [-0.2, -0.15) is 10.2 Å². The molecule has 1 aliphatic heterocycles. The summed E-state index contributed by atoms with van der Waals surface area (Å²) in [6, 6.07) is 8.67. The Morgan fingerprint density at radius 2 is 1.81 bits per heavy atom. The van der Waals surface area contributed by atoms with E-state index in [-0.39, 0.29) is 55.4 Å². The Morgan fingerprint density at radius 1 is 1.08 bits per heavy atom. The lowest BCUT2D eigenvalue weighted by molar-refractivity contribution is -0.137. The second kappa shape index (κ2) is 14.6. The number of amides is 2. The molecule has 1 aliphatic rings. The highest BCUT2D eigenvalue weighted by atomic mass is 19.1. The molecule has 48 heavy (non-hydrogen) atoms. The number of hydrogen-bond acceptors (Lipinski definition) is 8. The number of piperidine rings is 1. The third-order valence-electron chi connectivity index (χ3n) is 9.04. The minimum atomic E-state index is -1.24. The number of carboxylic acids is 1. The van der Waals surface area contributed by atoms with Gasteiger partial charge in [0.15, 0.2) is 0 Å². The Morgan fingerprint density at radius 3 is 2.50 bits per heavy atom. The number of hydrogen-bond donors (Lipinski definition) is 3. The summed E-state index contributed by atoms with van der Waals surface area (Å²) in [4.78, 5) is 52.2. The Labute approximate surface area is 277 Å². The minimum absolute atomic E-state index is 0.0567. The van der Waals surface area contributed by atoms with Crippen molar-refractivity contribution in [3.8, 4) is 11.1 Å². The molecular weight excluding hydrogens is 621 g/mol. The van der Waals surface area contributed by atoms with Crippen molar-refractivity contribution in [3.05, 3.63) is 48.0 Å². The van der Waals surface area contributed by atoms with Gasteiger partial charge in [-0.25, -0.2) is 4.39 Å². The van der Waals surface area contributed by atoms with Gasteiger partial charge in [-0.05, 0) is 36.6 Å². The van der Waals surface area contributed by atoms with Crippen LogP contribution in [0.5, 0.6) is 0 Å². The summed E-state index contributed by atoms with van der Waals surface area (Å²) in [5.74, 6) is -2.12. The summed E-state index contributed by atoms with van der Waals surface area (Å²) >= 11 is 0. The summed E-state index contributed by atoms with van der Waals surface area (Å²) in [5, 5.41) is 32.0. The molecule has 3 heterocycles. The molecule has 0 spiro atoms. The normalized spacial score (nSPS) is 14.6. The fraction of sp³-hybridized carbons (Fsp3) is 0.471. The van der Waals surface area contributed by atoms with E-state index in [9.17, 15) is 24.3 Å². The molecule has 5 rings (SSSR count). The van der Waals surface area contributed by atoms with E-state index in [1.807, 2.05) is 26.0 Å². The molecule has 0 saturated carbocycles. The number of halogens is 1. The van der Waals surface area contributed by atoms with Gasteiger partial charge in [0.05, 0.1) is 36.0 Å². The van der Waals surface area contributed by atoms with E-state index in [1.54, 1.807) is 39.6 Å². The average Bonchev–Trinajstić information content (AvgIpc) is 3.61. The maximum absolute atomic E-state index is 15.7. The summed E-state index contributed by atoms with van der Waals surface area (Å²) < 4.78 is 19.0. The maximum atomic E-state index is 15.7. The number of aromatic nitrogens is 4. The number of aliphatic hydroxyl groups excluding tert-OH is 1. The second-order valence-electron chi connectivity index (χ2n) is 12.7. The van der Waals surface area contributed by atoms with Crippen molar-refractivity contribution in [1.82, 2.24) is 34.7 Å². The highest BCUT2D eigenvalue weighted by Crippen LogP contribution is 2.40. The fourth-order valence-electron chi connectivity index (χ4n) is 6.23. The number of carbonyl (C=O) groups is 4. The van der Waals surface area contributed by atoms with Crippen LogP contribution in [0.1, 0.15) is 51.1 Å². The van der Waals surface area contributed by atoms with Gasteiger partial charge in [0.1, 0.15) is 24.4 Å². The number of likely N-dealkylation sites (tertiary alicyclic amines) is 1. The third kappa shape index (κ3) is 7.55. The lowest BCUT2D eigenvalue weighted by atomic mass is 9.88. The second-order valence-corrected chi connectivity index (χ2v) is 12.7. The highest BCUT2D eigenvalue weighted by molar-refractivity contribution is 6.00. The number of fused-ring (bicyclic) bond motifs is 2. The Kier molecular flexibility index (Phi) is 10.5. The van der Waals surface area contributed by atoms with Crippen molar-refractivity contribution < 1.29 is 33.8 Å². The van der Waals surface area contributed by atoms with Gasteiger partial charge in [-0.1, -0.05) is 26.0 Å². The van der Waals surface area contributed by atoms with Crippen LogP contribution in [0.15, 0.2) is 36.5 Å². The molecule has 2 aromatic heterocycles. The average molecular weight is 664 g/mol. The van der Waals surface area contributed by atoms with Gasteiger partial charge in [0.25, 0.3) is 0 Å². The molecule has 13 nitrogen and oxygen atoms in total. The van der Waals surface area contributed by atoms with Crippen LogP contribution in [0.3, 0.4) is 0 Å². The first-order valence-electron chi connectivity index (χ1n) is 16.1. The van der Waals surface area contributed by atoms with E-state index < -0.39 is 24.6 Å². The van der Waals surface area contributed by atoms with Crippen LogP contribution in [-0.2, 0) is 32.8 Å². The van der Waals surface area contributed by atoms with Crippen molar-refractivity contribution >= 4 is 45.4 Å². The van der Waals surface area contributed by atoms with Crippen molar-refractivity contribution in [1.29, 1.82) is 0 Å². The van der Waals surface area contributed by atoms with Gasteiger partial charge in [-0.3, -0.25) is 33.9 Å². The van der Waals surface area contributed by atoms with Crippen molar-refractivity contribution in [3.63, 3.8) is 0 Å². The highest BCUT2D eigenvalue weighted by Gasteiger charge is 2.30. The van der Waals surface area contributed by atoms with Gasteiger partial charge in [0.2, 0.25) is 11.8 Å². The van der Waals surface area contributed by atoms with E-state index in [4.69, 9.17) is 10.2 Å². The van der Waals surface area contributed by atoms with Gasteiger partial charge < -0.3 is 20.0 Å². The molecule has 1 unspecified atom stereocenters. The number of nitrogens with one attached hydrogen (secondary N) is 1. The number of nitrogens with zero attached hydrogens (tertiary/aromatic N) is 6. The van der Waals surface area contributed by atoms with E-state index >= 15 is 4.39 Å². The van der Waals surface area contributed by atoms with E-state index in [0.717, 1.165) is 5.52 Å². The summed E-state index contributed by atoms with van der Waals surface area (Å²) in [5.41, 5.74) is 3.08. The number of likely N-dealkylation sites (N-methyl/N-ethyl adjacent to an activating group) is 1. The molecule has 1 fully saturated rings. The predicted octanol–water partition coefficient (Wildman–Crippen LogP) is 2.89. The predicted molar refractivity (Wildman–Crippen MR) is 176 cm³/mol. The molecule has 0 radical (unpaired) electrons. The molecule has 256 valence electrons. The van der Waals surface area contributed by atoms with Crippen molar-refractivity contribution in [2.75, 3.05) is 33.2 Å². The molecule has 3 N–H and O–H groups in total. The van der Waals surface area contributed by atoms with Gasteiger partial charge in [-0.15, -0.1) is 0 Å². The SMILES string of the molecule is CC(C)C(=O)CCC(=O)N1CCC(c2nn(CC(=O)N(C)CC(O)NCC(=O)O)c3cccc(-c4cc5c(cnn5C)cc4F)c23)CC1. The van der Waals surface area contributed by atoms with E-state index in [2.05, 4.69) is 10.4 Å². The molecule has 14 heteroatoms. The standard InChI is InChI=1S/C34H42FN7O6/c1-20(2)28(43)8-9-30(45)41-12-10-21(11-13-41)34-33-23(24-15-27-22(14-25(24)35)16-37-40(27)4)6-5-7-26(33)42(38-34)19-31(46)39(3)18-29(44)36-17-32(47)48/h5-7,14-16,20-21,29,36,44H,8-13,17-19H2,1-4H3,(H,47,48). The van der Waals surface area contributed by atoms with Gasteiger partial charge >= 0.3 is 5.97 Å². The van der Waals surface area contributed by atoms with Crippen molar-refractivity contribution in [2.24, 2.45) is 13.0 Å². The first-order valence-corrected chi connectivity index (χ1v) is 16.1. The monoisotopic (exact) mass is 663 g/mol. The zero-order valence-electron chi connectivity index (χ0n) is 27.6. The molecule has 0 aliphatic carbocycles. The lowest BCUT2D eigenvalue weighted by Crippen LogP contribution is -2.44. The molecule has 1 saturated heterocycles. The first kappa shape index (κ1) is 34.6. The number of benzene rings is 2. The Balaban J connectivity index is 1.46. The molecule has 2 aromatic carbocycles. The van der Waals surface area contributed by atoms with Crippen LogP contribution in [0.2, 0.25) is 0 Å². The number of aryl methyl sites for hydroxylation is 1. The summed E-state index contributed by atoms with van der Waals surface area (Å²) in [6.45, 7) is 3.83. The van der Waals surface area contributed by atoms with Crippen LogP contribution in [0, 0.1) is 11.7 Å². The number of ketones is 1. The minimum Gasteiger partial charge on any atom is -0.480 e. The van der Waals surface area contributed by atoms with Crippen LogP contribution in [-0.4, -0.2) is 103 Å². The lowest BCUT2D eigenvalue weighted by Gasteiger charge is -2.31. The maximum Gasteiger partial charge on any atom is 0.317 e. The number of Topliss-reactive ketones (excluding diaryl/α,β-unsaturated/α-hetero) is 1. The number of carboxylic acid groups (broad SMARTS) is 1. The number of aliphatic carboxylic acids is 1. The Bertz CT molecular complexity index is 1840. The molecule has 0 bridgehead atoms. The molecule has 1 atom stereocenters. The fourth-order valence-corrected chi connectivity index (χ4v) is 6.23. The van der Waals surface area contributed by atoms with Gasteiger partial charge in [0, 0.05) is 68.2 Å². The van der Waals surface area contributed by atoms with Crippen LogP contribution >= 0.6 is 0 Å². The first-order chi connectivity index (χ1) is 22.8. The topological polar surface area (TPSA) is 163 Å². The quantitative estimate of drug-likeness (QED) is 0.183. The van der Waals surface area contributed by atoms with E-state index in [0.29, 0.717) is 59.0 Å². The number of rotatable bonds is 13. The Hall–Kier alpha value is -4.69. The summed E-state index contributed by atoms with van der Waals surface area (Å²) in [7, 11) is 3.30. The number of aliphatic hydroxyl groups is 1. The third-order valence-corrected chi connectivity index (χ3v) is 9.04. The molecule has 2 amide bonds. The largest absolute Gasteiger partial charge is 0.480 e. The van der Waals surface area contributed by atoms with Crippen LogP contribution in [0.25, 0.3) is 32.9 Å². The van der Waals surface area contributed by atoms with Crippen LogP contribution < -0.4 is 5.32 Å². The zero-order chi connectivity index (χ0) is 34.7. The molecular formula is C34H42FN7O6. The molecule has 4 aromatic rings. The van der Waals surface area contributed by atoms with E-state index in [1.165, 1.54) is 18.0 Å². The zero-order valence-corrected chi connectivity index (χ0v) is 27.6. The van der Waals surface area contributed by atoms with Crippen molar-refractivity contribution in [2.45, 2.75) is 58.2 Å².